The molecule has 1 aromatic heterocycles. The molecule has 3 aromatic rings. The van der Waals surface area contributed by atoms with Crippen molar-refractivity contribution in [2.45, 2.75) is 26.4 Å². The summed E-state index contributed by atoms with van der Waals surface area (Å²) < 4.78 is 20.3. The Hall–Kier alpha value is -4.93. The van der Waals surface area contributed by atoms with Crippen LogP contribution >= 0.6 is 0 Å². The molecule has 0 saturated heterocycles. The van der Waals surface area contributed by atoms with Gasteiger partial charge in [-0.05, 0) is 25.5 Å². The van der Waals surface area contributed by atoms with Crippen molar-refractivity contribution in [3.05, 3.63) is 82.6 Å². The van der Waals surface area contributed by atoms with E-state index in [1.54, 1.807) is 19.1 Å². The third-order valence-corrected chi connectivity index (χ3v) is 5.61. The van der Waals surface area contributed by atoms with Gasteiger partial charge in [0.1, 0.15) is 17.2 Å². The van der Waals surface area contributed by atoms with Crippen LogP contribution in [0.15, 0.2) is 59.0 Å². The van der Waals surface area contributed by atoms with Crippen LogP contribution in [0.2, 0.25) is 0 Å². The first-order valence-electron chi connectivity index (χ1n) is 12.0. The highest BCUT2D eigenvalue weighted by molar-refractivity contribution is 6.14. The molecule has 2 amide bonds. The second kappa shape index (κ2) is 13.0. The van der Waals surface area contributed by atoms with Crippen LogP contribution in [0.4, 0.5) is 0 Å². The SMILES string of the molecule is CCOC(=O)c1oc(-c2ccccc2C(=O)NC(C)C(=O)NCc2ccccc2)c(C(=O)OC)c1C(=O)OC. The van der Waals surface area contributed by atoms with Crippen molar-refractivity contribution in [3.63, 3.8) is 0 Å². The number of carbonyl (C=O) groups excluding carboxylic acids is 5. The lowest BCUT2D eigenvalue weighted by atomic mass is 9.99. The van der Waals surface area contributed by atoms with Gasteiger partial charge in [-0.1, -0.05) is 48.5 Å². The molecule has 204 valence electrons. The maximum Gasteiger partial charge on any atom is 0.375 e. The summed E-state index contributed by atoms with van der Waals surface area (Å²) in [7, 11) is 2.15. The molecule has 3 rings (SSSR count). The summed E-state index contributed by atoms with van der Waals surface area (Å²) in [4.78, 5) is 63.9. The van der Waals surface area contributed by atoms with Gasteiger partial charge in [-0.3, -0.25) is 9.59 Å². The zero-order valence-electron chi connectivity index (χ0n) is 21.9. The molecular weight excluding hydrogens is 508 g/mol. The van der Waals surface area contributed by atoms with Gasteiger partial charge in [0.2, 0.25) is 11.7 Å². The van der Waals surface area contributed by atoms with Crippen molar-refractivity contribution in [1.29, 1.82) is 0 Å². The molecule has 1 heterocycles. The average molecular weight is 537 g/mol. The van der Waals surface area contributed by atoms with Gasteiger partial charge >= 0.3 is 17.9 Å². The van der Waals surface area contributed by atoms with E-state index >= 15 is 0 Å². The summed E-state index contributed by atoms with van der Waals surface area (Å²) in [5.74, 6) is -5.01. The van der Waals surface area contributed by atoms with Crippen LogP contribution in [0, 0.1) is 0 Å². The molecule has 0 aliphatic heterocycles. The minimum Gasteiger partial charge on any atom is -0.465 e. The molecule has 0 radical (unpaired) electrons. The smallest absolute Gasteiger partial charge is 0.375 e. The summed E-state index contributed by atoms with van der Waals surface area (Å²) >= 11 is 0. The topological polar surface area (TPSA) is 150 Å². The molecular formula is C28H28N2O9. The van der Waals surface area contributed by atoms with Crippen LogP contribution in [0.25, 0.3) is 11.3 Å². The molecule has 11 heteroatoms. The third-order valence-electron chi connectivity index (χ3n) is 5.61. The second-order valence-corrected chi connectivity index (χ2v) is 8.16. The van der Waals surface area contributed by atoms with E-state index in [1.165, 1.54) is 19.1 Å². The monoisotopic (exact) mass is 536 g/mol. The molecule has 0 fully saturated rings. The summed E-state index contributed by atoms with van der Waals surface area (Å²) in [5, 5.41) is 5.36. The largest absolute Gasteiger partial charge is 0.465 e. The minimum atomic E-state index is -1.04. The second-order valence-electron chi connectivity index (χ2n) is 8.16. The summed E-state index contributed by atoms with van der Waals surface area (Å²) in [6.45, 7) is 3.31. The van der Waals surface area contributed by atoms with E-state index in [9.17, 15) is 24.0 Å². The van der Waals surface area contributed by atoms with Gasteiger partial charge in [0, 0.05) is 12.1 Å². The lowest BCUT2D eigenvalue weighted by Crippen LogP contribution is -2.44. The lowest BCUT2D eigenvalue weighted by Gasteiger charge is -2.16. The molecule has 0 aliphatic carbocycles. The number of ether oxygens (including phenoxy) is 3. The highest BCUT2D eigenvalue weighted by atomic mass is 16.6. The molecule has 1 atom stereocenters. The van der Waals surface area contributed by atoms with Crippen molar-refractivity contribution in [1.82, 2.24) is 10.6 Å². The number of hydrogen-bond donors (Lipinski definition) is 2. The zero-order chi connectivity index (χ0) is 28.5. The molecule has 1 unspecified atom stereocenters. The number of carbonyl (C=O) groups is 5. The highest BCUT2D eigenvalue weighted by Gasteiger charge is 2.37. The Balaban J connectivity index is 1.98. The summed E-state index contributed by atoms with van der Waals surface area (Å²) in [6, 6.07) is 14.4. The normalized spacial score (nSPS) is 11.2. The molecule has 0 bridgehead atoms. The van der Waals surface area contributed by atoms with E-state index in [1.807, 2.05) is 30.3 Å². The number of methoxy groups -OCH3 is 2. The molecule has 39 heavy (non-hydrogen) atoms. The van der Waals surface area contributed by atoms with E-state index in [2.05, 4.69) is 10.6 Å². The maximum absolute atomic E-state index is 13.3. The van der Waals surface area contributed by atoms with Gasteiger partial charge in [-0.25, -0.2) is 14.4 Å². The van der Waals surface area contributed by atoms with Crippen LogP contribution in [0.5, 0.6) is 0 Å². The van der Waals surface area contributed by atoms with E-state index in [-0.39, 0.29) is 30.0 Å². The fourth-order valence-corrected chi connectivity index (χ4v) is 3.71. The van der Waals surface area contributed by atoms with E-state index in [0.29, 0.717) is 0 Å². The standard InChI is InChI=1S/C28H28N2O9/c1-5-38-28(35)23-21(27(34)37-4)20(26(33)36-3)22(39-23)18-13-9-10-14-19(18)25(32)30-16(2)24(31)29-15-17-11-7-6-8-12-17/h6-14,16H,5,15H2,1-4H3,(H,29,31)(H,30,32). The Kier molecular flexibility index (Phi) is 9.58. The minimum absolute atomic E-state index is 0.00550. The zero-order valence-corrected chi connectivity index (χ0v) is 21.9. The van der Waals surface area contributed by atoms with Gasteiger partial charge in [0.25, 0.3) is 5.91 Å². The first kappa shape index (κ1) is 28.6. The quantitative estimate of drug-likeness (QED) is 0.294. The van der Waals surface area contributed by atoms with Gasteiger partial charge in [0.15, 0.2) is 5.76 Å². The highest BCUT2D eigenvalue weighted by Crippen LogP contribution is 2.35. The van der Waals surface area contributed by atoms with E-state index < -0.39 is 52.7 Å². The van der Waals surface area contributed by atoms with Crippen LogP contribution < -0.4 is 10.6 Å². The van der Waals surface area contributed by atoms with Crippen molar-refractivity contribution >= 4 is 29.7 Å². The number of rotatable bonds is 10. The third kappa shape index (κ3) is 6.50. The Morgan fingerprint density at radius 1 is 0.846 bits per heavy atom. The van der Waals surface area contributed by atoms with Crippen molar-refractivity contribution < 1.29 is 42.6 Å². The van der Waals surface area contributed by atoms with Gasteiger partial charge in [0.05, 0.1) is 26.4 Å². The average Bonchev–Trinajstić information content (AvgIpc) is 3.36. The summed E-state index contributed by atoms with van der Waals surface area (Å²) in [5.41, 5.74) is 0.0450. The predicted molar refractivity (Wildman–Crippen MR) is 138 cm³/mol. The molecule has 0 spiro atoms. The number of benzene rings is 2. The van der Waals surface area contributed by atoms with Crippen LogP contribution in [-0.2, 0) is 25.5 Å². The first-order chi connectivity index (χ1) is 18.7. The maximum atomic E-state index is 13.3. The number of amides is 2. The van der Waals surface area contributed by atoms with Crippen LogP contribution in [-0.4, -0.2) is 56.6 Å². The molecule has 0 aliphatic rings. The Bertz CT molecular complexity index is 1380. The van der Waals surface area contributed by atoms with Gasteiger partial charge < -0.3 is 29.3 Å². The Morgan fingerprint density at radius 3 is 2.10 bits per heavy atom. The number of nitrogens with one attached hydrogen (secondary N) is 2. The van der Waals surface area contributed by atoms with Crippen LogP contribution in [0.3, 0.4) is 0 Å². The van der Waals surface area contributed by atoms with E-state index in [0.717, 1.165) is 19.8 Å². The number of esters is 3. The van der Waals surface area contributed by atoms with Crippen molar-refractivity contribution in [2.24, 2.45) is 0 Å². The molecule has 11 nitrogen and oxygen atoms in total. The Labute approximate surface area is 224 Å². The van der Waals surface area contributed by atoms with E-state index in [4.69, 9.17) is 18.6 Å². The van der Waals surface area contributed by atoms with Crippen LogP contribution in [0.1, 0.15) is 61.0 Å². The lowest BCUT2D eigenvalue weighted by molar-refractivity contribution is -0.122. The van der Waals surface area contributed by atoms with Gasteiger partial charge in [-0.15, -0.1) is 0 Å². The number of furan rings is 1. The fraction of sp³-hybridized carbons (Fsp3) is 0.250. The molecule has 2 N–H and O–H groups in total. The van der Waals surface area contributed by atoms with Gasteiger partial charge in [-0.2, -0.15) is 0 Å². The van der Waals surface area contributed by atoms with Crippen molar-refractivity contribution in [2.75, 3.05) is 20.8 Å². The first-order valence-corrected chi connectivity index (χ1v) is 12.0. The fourth-order valence-electron chi connectivity index (χ4n) is 3.71. The predicted octanol–water partition coefficient (Wildman–Crippen LogP) is 3.13. The summed E-state index contributed by atoms with van der Waals surface area (Å²) in [6.07, 6.45) is 0. The van der Waals surface area contributed by atoms with Crippen molar-refractivity contribution in [3.8, 4) is 11.3 Å². The Morgan fingerprint density at radius 2 is 1.46 bits per heavy atom. The number of hydrogen-bond acceptors (Lipinski definition) is 9. The molecule has 0 saturated carbocycles. The molecule has 2 aromatic carbocycles.